The number of hydrogen-bond acceptors (Lipinski definition) is 5. The van der Waals surface area contributed by atoms with Crippen LogP contribution in [-0.4, -0.2) is 86.7 Å². The minimum Gasteiger partial charge on any atom is -0.338 e. The van der Waals surface area contributed by atoms with Crippen LogP contribution < -0.4 is 4.90 Å². The van der Waals surface area contributed by atoms with Crippen molar-refractivity contribution in [1.29, 1.82) is 0 Å². The lowest BCUT2D eigenvalue weighted by Crippen LogP contribution is -2.54. The van der Waals surface area contributed by atoms with Gasteiger partial charge in [0.1, 0.15) is 6.04 Å². The Labute approximate surface area is 173 Å². The van der Waals surface area contributed by atoms with Crippen molar-refractivity contribution in [3.8, 4) is 0 Å². The third-order valence-electron chi connectivity index (χ3n) is 5.82. The first-order chi connectivity index (χ1) is 13.7. The van der Waals surface area contributed by atoms with Crippen molar-refractivity contribution in [2.24, 2.45) is 0 Å². The fraction of sp³-hybridized carbons (Fsp3) is 0.600. The first-order valence-corrected chi connectivity index (χ1v) is 11.5. The van der Waals surface area contributed by atoms with Crippen molar-refractivity contribution >= 4 is 27.5 Å². The summed E-state index contributed by atoms with van der Waals surface area (Å²) in [4.78, 5) is 31.2. The third-order valence-corrected chi connectivity index (χ3v) is 7.86. The number of anilines is 1. The molecule has 1 fully saturated rings. The van der Waals surface area contributed by atoms with E-state index >= 15 is 0 Å². The van der Waals surface area contributed by atoms with Crippen molar-refractivity contribution < 1.29 is 18.0 Å². The molecule has 0 saturated carbocycles. The lowest BCUT2D eigenvalue weighted by Gasteiger charge is -2.35. The van der Waals surface area contributed by atoms with Gasteiger partial charge in [-0.2, -0.15) is 4.31 Å². The number of nitrogens with zero attached hydrogens (tertiary/aromatic N) is 4. The molecule has 2 amide bonds. The average molecular weight is 423 g/mol. The van der Waals surface area contributed by atoms with Gasteiger partial charge in [0.2, 0.25) is 21.8 Å². The molecule has 3 rings (SSSR count). The molecule has 1 aromatic rings. The number of carbonyl (C=O) groups is 2. The van der Waals surface area contributed by atoms with Gasteiger partial charge in [0.25, 0.3) is 0 Å². The van der Waals surface area contributed by atoms with E-state index in [1.54, 1.807) is 30.9 Å². The summed E-state index contributed by atoms with van der Waals surface area (Å²) in [5, 5.41) is 0. The Morgan fingerprint density at radius 1 is 1.10 bits per heavy atom. The molecule has 0 N–H and O–H groups in total. The minimum absolute atomic E-state index is 0.0716. The molecule has 9 heteroatoms. The summed E-state index contributed by atoms with van der Waals surface area (Å²) in [6.07, 6.45) is 0.335. The molecule has 2 aliphatic rings. The van der Waals surface area contributed by atoms with Crippen LogP contribution in [0.25, 0.3) is 0 Å². The first kappa shape index (κ1) is 21.7. The van der Waals surface area contributed by atoms with Crippen molar-refractivity contribution in [2.45, 2.75) is 38.1 Å². The lowest BCUT2D eigenvalue weighted by molar-refractivity contribution is -0.135. The molecule has 1 aromatic carbocycles. The van der Waals surface area contributed by atoms with Gasteiger partial charge in [-0.15, -0.1) is 0 Å². The highest BCUT2D eigenvalue weighted by Gasteiger charge is 2.40. The molecule has 0 radical (unpaired) electrons. The van der Waals surface area contributed by atoms with E-state index < -0.39 is 16.1 Å². The predicted molar refractivity (Wildman–Crippen MR) is 111 cm³/mol. The maximum absolute atomic E-state index is 13.2. The zero-order chi connectivity index (χ0) is 21.3. The molecule has 1 atom stereocenters. The summed E-state index contributed by atoms with van der Waals surface area (Å²) in [5.41, 5.74) is 1.35. The largest absolute Gasteiger partial charge is 0.338 e. The average Bonchev–Trinajstić information content (AvgIpc) is 3.07. The monoisotopic (exact) mass is 422 g/mol. The second-order valence-corrected chi connectivity index (χ2v) is 9.56. The lowest BCUT2D eigenvalue weighted by atomic mass is 10.1. The Kier molecular flexibility index (Phi) is 6.30. The summed E-state index contributed by atoms with van der Waals surface area (Å²) >= 11 is 0. The van der Waals surface area contributed by atoms with E-state index in [0.717, 1.165) is 18.7 Å². The molecule has 0 aliphatic carbocycles. The summed E-state index contributed by atoms with van der Waals surface area (Å²) in [5.74, 6) is -0.284. The molecule has 29 heavy (non-hydrogen) atoms. The fourth-order valence-electron chi connectivity index (χ4n) is 4.13. The molecule has 0 bridgehead atoms. The zero-order valence-corrected chi connectivity index (χ0v) is 18.4. The van der Waals surface area contributed by atoms with Crippen LogP contribution >= 0.6 is 0 Å². The number of rotatable bonds is 5. The van der Waals surface area contributed by atoms with Gasteiger partial charge in [0, 0.05) is 58.3 Å². The molecular weight excluding hydrogens is 392 g/mol. The first-order valence-electron chi connectivity index (χ1n) is 10.1. The standard InChI is InChI=1S/C20H30N4O4S/c1-5-23(6-2)29(27,28)17-7-8-18-16(13-17)14-19(24(18)15(3)25)20(26)22-11-9-21(4)10-12-22/h7-8,13,19H,5-6,9-12,14H2,1-4H3. The molecule has 2 heterocycles. The number of piperazine rings is 1. The number of fused-ring (bicyclic) bond motifs is 1. The highest BCUT2D eigenvalue weighted by molar-refractivity contribution is 7.89. The summed E-state index contributed by atoms with van der Waals surface area (Å²) in [6.45, 7) is 8.70. The van der Waals surface area contributed by atoms with Crippen LogP contribution in [0.4, 0.5) is 5.69 Å². The highest BCUT2D eigenvalue weighted by atomic mass is 32.2. The number of carbonyl (C=O) groups excluding carboxylic acids is 2. The minimum atomic E-state index is -3.60. The van der Waals surface area contributed by atoms with Gasteiger partial charge in [-0.3, -0.25) is 14.5 Å². The van der Waals surface area contributed by atoms with E-state index in [1.807, 2.05) is 7.05 Å². The van der Waals surface area contributed by atoms with Gasteiger partial charge in [-0.25, -0.2) is 8.42 Å². The van der Waals surface area contributed by atoms with Gasteiger partial charge >= 0.3 is 0 Å². The molecule has 0 spiro atoms. The van der Waals surface area contributed by atoms with Crippen LogP contribution in [0.2, 0.25) is 0 Å². The van der Waals surface area contributed by atoms with Crippen LogP contribution in [0, 0.1) is 0 Å². The zero-order valence-electron chi connectivity index (χ0n) is 17.6. The quantitative estimate of drug-likeness (QED) is 0.700. The van der Waals surface area contributed by atoms with Gasteiger partial charge in [0.15, 0.2) is 0 Å². The van der Waals surface area contributed by atoms with E-state index in [1.165, 1.54) is 22.2 Å². The number of amides is 2. The Morgan fingerprint density at radius 3 is 2.28 bits per heavy atom. The van der Waals surface area contributed by atoms with Crippen molar-refractivity contribution in [3.05, 3.63) is 23.8 Å². The maximum atomic E-state index is 13.2. The smallest absolute Gasteiger partial charge is 0.246 e. The molecule has 1 unspecified atom stereocenters. The Hall–Kier alpha value is -1.97. The normalized spacial score (nSPS) is 20.2. The van der Waals surface area contributed by atoms with E-state index in [2.05, 4.69) is 4.90 Å². The number of benzene rings is 1. The van der Waals surface area contributed by atoms with Crippen LogP contribution in [0.15, 0.2) is 23.1 Å². The molecular formula is C20H30N4O4S. The number of hydrogen-bond donors (Lipinski definition) is 0. The topological polar surface area (TPSA) is 81.2 Å². The van der Waals surface area contributed by atoms with Gasteiger partial charge in [0.05, 0.1) is 4.90 Å². The predicted octanol–water partition coefficient (Wildman–Crippen LogP) is 0.769. The molecule has 8 nitrogen and oxygen atoms in total. The molecule has 160 valence electrons. The van der Waals surface area contributed by atoms with Crippen molar-refractivity contribution in [2.75, 3.05) is 51.2 Å². The Balaban J connectivity index is 1.91. The molecule has 1 saturated heterocycles. The number of likely N-dealkylation sites (N-methyl/N-ethyl adjacent to an activating group) is 1. The van der Waals surface area contributed by atoms with E-state index in [4.69, 9.17) is 0 Å². The Bertz CT molecular complexity index is 890. The fourth-order valence-corrected chi connectivity index (χ4v) is 5.63. The van der Waals surface area contributed by atoms with E-state index in [9.17, 15) is 18.0 Å². The third kappa shape index (κ3) is 4.04. The summed E-state index contributed by atoms with van der Waals surface area (Å²) in [6, 6.07) is 4.20. The van der Waals surface area contributed by atoms with Crippen LogP contribution in [-0.2, 0) is 26.0 Å². The van der Waals surface area contributed by atoms with Crippen LogP contribution in [0.5, 0.6) is 0 Å². The second kappa shape index (κ2) is 8.41. The maximum Gasteiger partial charge on any atom is 0.246 e. The van der Waals surface area contributed by atoms with E-state index in [0.29, 0.717) is 38.3 Å². The second-order valence-electron chi connectivity index (χ2n) is 7.62. The summed E-state index contributed by atoms with van der Waals surface area (Å²) in [7, 11) is -1.58. The number of sulfonamides is 1. The highest BCUT2D eigenvalue weighted by Crippen LogP contribution is 2.35. The van der Waals surface area contributed by atoms with Crippen molar-refractivity contribution in [1.82, 2.24) is 14.1 Å². The van der Waals surface area contributed by atoms with Crippen molar-refractivity contribution in [3.63, 3.8) is 0 Å². The molecule has 2 aliphatic heterocycles. The van der Waals surface area contributed by atoms with Gasteiger partial charge in [-0.05, 0) is 30.8 Å². The summed E-state index contributed by atoms with van der Waals surface area (Å²) < 4.78 is 27.1. The van der Waals surface area contributed by atoms with Gasteiger partial charge < -0.3 is 9.80 Å². The van der Waals surface area contributed by atoms with Crippen LogP contribution in [0.1, 0.15) is 26.3 Å². The van der Waals surface area contributed by atoms with E-state index in [-0.39, 0.29) is 16.7 Å². The van der Waals surface area contributed by atoms with Gasteiger partial charge in [-0.1, -0.05) is 13.8 Å². The van der Waals surface area contributed by atoms with Crippen LogP contribution in [0.3, 0.4) is 0 Å². The molecule has 0 aromatic heterocycles. The SMILES string of the molecule is CCN(CC)S(=O)(=O)c1ccc2c(c1)CC(C(=O)N1CCN(C)CC1)N2C(C)=O. The Morgan fingerprint density at radius 2 is 1.72 bits per heavy atom.